The molecule has 0 aliphatic carbocycles. The van der Waals surface area contributed by atoms with Gasteiger partial charge in [-0.3, -0.25) is 9.59 Å². The van der Waals surface area contributed by atoms with Crippen LogP contribution in [0.3, 0.4) is 0 Å². The molecule has 23 heavy (non-hydrogen) atoms. The summed E-state index contributed by atoms with van der Waals surface area (Å²) in [5, 5.41) is 11.9. The van der Waals surface area contributed by atoms with E-state index < -0.39 is 17.4 Å². The number of carboxylic acids is 1. The quantitative estimate of drug-likeness (QED) is 0.836. The summed E-state index contributed by atoms with van der Waals surface area (Å²) in [7, 11) is 0. The molecule has 0 aromatic heterocycles. The lowest BCUT2D eigenvalue weighted by atomic mass is 9.96. The Hall–Kier alpha value is -2.37. The van der Waals surface area contributed by atoms with Crippen molar-refractivity contribution in [2.45, 2.75) is 45.1 Å². The average molecular weight is 318 g/mol. The number of amides is 2. The standard InChI is InChI=1S/C17H22N2O4/c1-3-10-17(2,16(22)23)18-14(20)11-19-13-7-5-4-6-12(13)8-9-15(19)21/h4-7H,3,8-11H2,1-2H3,(H,18,20)(H,22,23). The predicted octanol–water partition coefficient (Wildman–Crippen LogP) is 1.73. The maximum absolute atomic E-state index is 12.3. The molecule has 2 N–H and O–H groups in total. The third kappa shape index (κ3) is 3.70. The van der Waals surface area contributed by atoms with Crippen molar-refractivity contribution in [1.82, 2.24) is 5.32 Å². The van der Waals surface area contributed by atoms with Gasteiger partial charge in [0.1, 0.15) is 12.1 Å². The summed E-state index contributed by atoms with van der Waals surface area (Å²) in [4.78, 5) is 37.3. The molecule has 0 saturated carbocycles. The molecule has 0 saturated heterocycles. The second-order valence-corrected chi connectivity index (χ2v) is 6.04. The van der Waals surface area contributed by atoms with Gasteiger partial charge in [0.15, 0.2) is 0 Å². The number of nitrogens with zero attached hydrogens (tertiary/aromatic N) is 1. The van der Waals surface area contributed by atoms with Gasteiger partial charge in [0.2, 0.25) is 11.8 Å². The molecule has 1 heterocycles. The van der Waals surface area contributed by atoms with E-state index in [1.807, 2.05) is 31.2 Å². The summed E-state index contributed by atoms with van der Waals surface area (Å²) in [5.74, 6) is -1.65. The van der Waals surface area contributed by atoms with Crippen molar-refractivity contribution in [2.24, 2.45) is 0 Å². The maximum atomic E-state index is 12.3. The van der Waals surface area contributed by atoms with E-state index in [1.54, 1.807) is 0 Å². The number of hydrogen-bond donors (Lipinski definition) is 2. The van der Waals surface area contributed by atoms with Crippen LogP contribution in [-0.2, 0) is 20.8 Å². The van der Waals surface area contributed by atoms with E-state index in [1.165, 1.54) is 11.8 Å². The van der Waals surface area contributed by atoms with Crippen molar-refractivity contribution >= 4 is 23.5 Å². The minimum Gasteiger partial charge on any atom is -0.480 e. The molecule has 1 unspecified atom stereocenters. The third-order valence-electron chi connectivity index (χ3n) is 4.13. The van der Waals surface area contributed by atoms with Gasteiger partial charge < -0.3 is 15.3 Å². The van der Waals surface area contributed by atoms with Crippen LogP contribution in [-0.4, -0.2) is 35.0 Å². The largest absolute Gasteiger partial charge is 0.480 e. The molecule has 1 aromatic rings. The molecule has 124 valence electrons. The van der Waals surface area contributed by atoms with Gasteiger partial charge in [0, 0.05) is 12.1 Å². The number of carboxylic acid groups (broad SMARTS) is 1. The van der Waals surface area contributed by atoms with Crippen LogP contribution in [0.15, 0.2) is 24.3 Å². The van der Waals surface area contributed by atoms with E-state index in [4.69, 9.17) is 0 Å². The Labute approximate surface area is 135 Å². The summed E-state index contributed by atoms with van der Waals surface area (Å²) >= 11 is 0. The Morgan fingerprint density at radius 1 is 1.30 bits per heavy atom. The van der Waals surface area contributed by atoms with Gasteiger partial charge in [-0.2, -0.15) is 0 Å². The molecule has 1 atom stereocenters. The van der Waals surface area contributed by atoms with Gasteiger partial charge in [-0.1, -0.05) is 31.5 Å². The van der Waals surface area contributed by atoms with Crippen LogP contribution in [0.1, 0.15) is 38.7 Å². The number of carbonyl (C=O) groups excluding carboxylic acids is 2. The van der Waals surface area contributed by atoms with Crippen molar-refractivity contribution in [3.8, 4) is 0 Å². The van der Waals surface area contributed by atoms with Gasteiger partial charge >= 0.3 is 5.97 Å². The molecule has 0 fully saturated rings. The Morgan fingerprint density at radius 2 is 2.00 bits per heavy atom. The Bertz CT molecular complexity index is 629. The SMILES string of the molecule is CCCC(C)(NC(=O)CN1C(=O)CCc2ccccc21)C(=O)O. The Balaban J connectivity index is 2.14. The van der Waals surface area contributed by atoms with Crippen LogP contribution in [0.4, 0.5) is 5.69 Å². The second kappa shape index (κ2) is 6.81. The fraction of sp³-hybridized carbons (Fsp3) is 0.471. The van der Waals surface area contributed by atoms with E-state index in [2.05, 4.69) is 5.32 Å². The number of benzene rings is 1. The smallest absolute Gasteiger partial charge is 0.329 e. The number of fused-ring (bicyclic) bond motifs is 1. The van der Waals surface area contributed by atoms with Crippen molar-refractivity contribution in [3.63, 3.8) is 0 Å². The van der Waals surface area contributed by atoms with Crippen LogP contribution >= 0.6 is 0 Å². The molecule has 1 aromatic carbocycles. The Kier molecular flexibility index (Phi) is 5.03. The van der Waals surface area contributed by atoms with Crippen molar-refractivity contribution in [2.75, 3.05) is 11.4 Å². The highest BCUT2D eigenvalue weighted by atomic mass is 16.4. The first kappa shape index (κ1) is 17.0. The van der Waals surface area contributed by atoms with Gasteiger partial charge in [-0.05, 0) is 31.4 Å². The number of hydrogen-bond acceptors (Lipinski definition) is 3. The monoisotopic (exact) mass is 318 g/mol. The van der Waals surface area contributed by atoms with Gasteiger partial charge in [0.25, 0.3) is 0 Å². The zero-order chi connectivity index (χ0) is 17.0. The number of nitrogens with one attached hydrogen (secondary N) is 1. The lowest BCUT2D eigenvalue weighted by Gasteiger charge is -2.31. The van der Waals surface area contributed by atoms with Crippen LogP contribution in [0, 0.1) is 0 Å². The highest BCUT2D eigenvalue weighted by Gasteiger charge is 2.35. The number of para-hydroxylation sites is 1. The first-order valence-corrected chi connectivity index (χ1v) is 7.80. The highest BCUT2D eigenvalue weighted by Crippen LogP contribution is 2.27. The fourth-order valence-electron chi connectivity index (χ4n) is 2.88. The maximum Gasteiger partial charge on any atom is 0.329 e. The summed E-state index contributed by atoms with van der Waals surface area (Å²) in [6.07, 6.45) is 1.98. The molecule has 2 amide bonds. The minimum atomic E-state index is -1.32. The molecule has 0 bridgehead atoms. The molecule has 6 heteroatoms. The molecular formula is C17H22N2O4. The molecule has 2 rings (SSSR count). The fourth-order valence-corrected chi connectivity index (χ4v) is 2.88. The van der Waals surface area contributed by atoms with Crippen molar-refractivity contribution in [1.29, 1.82) is 0 Å². The first-order valence-electron chi connectivity index (χ1n) is 7.80. The number of aliphatic carboxylic acids is 1. The first-order chi connectivity index (χ1) is 10.9. The molecular weight excluding hydrogens is 296 g/mol. The van der Waals surface area contributed by atoms with E-state index in [9.17, 15) is 19.5 Å². The number of rotatable bonds is 6. The lowest BCUT2D eigenvalue weighted by molar-refractivity contribution is -0.147. The van der Waals surface area contributed by atoms with E-state index in [-0.39, 0.29) is 12.5 Å². The number of aryl methyl sites for hydroxylation is 1. The molecule has 1 aliphatic heterocycles. The van der Waals surface area contributed by atoms with E-state index >= 15 is 0 Å². The summed E-state index contributed by atoms with van der Waals surface area (Å²) in [6.45, 7) is 3.18. The normalized spacial score (nSPS) is 16.4. The van der Waals surface area contributed by atoms with Crippen LogP contribution in [0.5, 0.6) is 0 Å². The summed E-state index contributed by atoms with van der Waals surface area (Å²) in [5.41, 5.74) is 0.436. The zero-order valence-corrected chi connectivity index (χ0v) is 13.5. The van der Waals surface area contributed by atoms with Crippen LogP contribution in [0.2, 0.25) is 0 Å². The average Bonchev–Trinajstić information content (AvgIpc) is 2.50. The van der Waals surface area contributed by atoms with Crippen LogP contribution < -0.4 is 10.2 Å². The van der Waals surface area contributed by atoms with Crippen molar-refractivity contribution < 1.29 is 19.5 Å². The van der Waals surface area contributed by atoms with Crippen LogP contribution in [0.25, 0.3) is 0 Å². The van der Waals surface area contributed by atoms with Gasteiger partial charge in [-0.25, -0.2) is 4.79 Å². The second-order valence-electron chi connectivity index (χ2n) is 6.04. The van der Waals surface area contributed by atoms with Gasteiger partial charge in [0.05, 0.1) is 0 Å². The number of anilines is 1. The Morgan fingerprint density at radius 3 is 2.65 bits per heavy atom. The molecule has 6 nitrogen and oxygen atoms in total. The molecule has 0 radical (unpaired) electrons. The topological polar surface area (TPSA) is 86.7 Å². The summed E-state index contributed by atoms with van der Waals surface area (Å²) < 4.78 is 0. The van der Waals surface area contributed by atoms with E-state index in [0.717, 1.165) is 11.3 Å². The van der Waals surface area contributed by atoms with Crippen molar-refractivity contribution in [3.05, 3.63) is 29.8 Å². The summed E-state index contributed by atoms with van der Waals surface area (Å²) in [6, 6.07) is 7.46. The zero-order valence-electron chi connectivity index (χ0n) is 13.5. The highest BCUT2D eigenvalue weighted by molar-refractivity contribution is 6.01. The third-order valence-corrected chi connectivity index (χ3v) is 4.13. The van der Waals surface area contributed by atoms with E-state index in [0.29, 0.717) is 25.7 Å². The molecule has 1 aliphatic rings. The molecule has 0 spiro atoms. The predicted molar refractivity (Wildman–Crippen MR) is 86.2 cm³/mol. The minimum absolute atomic E-state index is 0.119. The number of carbonyl (C=O) groups is 3. The lowest BCUT2D eigenvalue weighted by Crippen LogP contribution is -2.55. The van der Waals surface area contributed by atoms with Gasteiger partial charge in [-0.15, -0.1) is 0 Å².